The van der Waals surface area contributed by atoms with Crippen molar-refractivity contribution in [3.05, 3.63) is 115 Å². The van der Waals surface area contributed by atoms with Crippen LogP contribution in [0.25, 0.3) is 10.2 Å². The molecule has 164 valence electrons. The van der Waals surface area contributed by atoms with E-state index in [4.69, 9.17) is 14.0 Å². The Bertz CT molecular complexity index is 1300. The lowest BCUT2D eigenvalue weighted by Gasteiger charge is -2.29. The van der Waals surface area contributed by atoms with Gasteiger partial charge in [-0.2, -0.15) is 4.08 Å². The third kappa shape index (κ3) is 5.06. The van der Waals surface area contributed by atoms with Gasteiger partial charge in [0.15, 0.2) is 4.34 Å². The van der Waals surface area contributed by atoms with Crippen LogP contribution in [0.15, 0.2) is 120 Å². The van der Waals surface area contributed by atoms with E-state index in [0.29, 0.717) is 17.2 Å². The first-order chi connectivity index (χ1) is 16.2. The maximum absolute atomic E-state index is 14.5. The van der Waals surface area contributed by atoms with Gasteiger partial charge in [0.05, 0.1) is 15.9 Å². The quantitative estimate of drug-likeness (QED) is 0.162. The van der Waals surface area contributed by atoms with Crippen LogP contribution in [0.1, 0.15) is 0 Å². The van der Waals surface area contributed by atoms with Gasteiger partial charge >= 0.3 is 7.75 Å². The van der Waals surface area contributed by atoms with Gasteiger partial charge in [-0.25, -0.2) is 9.55 Å². The Morgan fingerprint density at radius 1 is 0.697 bits per heavy atom. The molecule has 0 N–H and O–H groups in total. The van der Waals surface area contributed by atoms with Crippen LogP contribution in [-0.4, -0.2) is 4.98 Å². The molecular formula is C25H19N2O3PS2. The van der Waals surface area contributed by atoms with Crippen molar-refractivity contribution in [2.45, 2.75) is 4.34 Å². The predicted molar refractivity (Wildman–Crippen MR) is 136 cm³/mol. The van der Waals surface area contributed by atoms with Crippen LogP contribution in [-0.2, 0) is 4.57 Å². The Labute approximate surface area is 200 Å². The lowest BCUT2D eigenvalue weighted by molar-refractivity contribution is 0.388. The molecule has 0 amide bonds. The van der Waals surface area contributed by atoms with E-state index >= 15 is 0 Å². The van der Waals surface area contributed by atoms with Crippen molar-refractivity contribution in [2.75, 3.05) is 4.08 Å². The van der Waals surface area contributed by atoms with Gasteiger partial charge in [-0.15, -0.1) is 11.3 Å². The van der Waals surface area contributed by atoms with Gasteiger partial charge < -0.3 is 9.05 Å². The Hall–Kier alpha value is -3.25. The summed E-state index contributed by atoms with van der Waals surface area (Å²) in [5, 5.41) is 0. The maximum Gasteiger partial charge on any atom is 0.554 e. The zero-order chi connectivity index (χ0) is 22.5. The number of hydrogen-bond donors (Lipinski definition) is 0. The highest BCUT2D eigenvalue weighted by Crippen LogP contribution is 2.58. The first-order valence-electron chi connectivity index (χ1n) is 10.2. The highest BCUT2D eigenvalue weighted by atomic mass is 32.2. The van der Waals surface area contributed by atoms with E-state index in [1.165, 1.54) is 23.3 Å². The second-order valence-electron chi connectivity index (χ2n) is 6.92. The Balaban J connectivity index is 1.59. The number of aromatic nitrogens is 1. The number of anilines is 1. The molecule has 33 heavy (non-hydrogen) atoms. The summed E-state index contributed by atoms with van der Waals surface area (Å²) in [5.74, 6) is 0.894. The lowest BCUT2D eigenvalue weighted by Crippen LogP contribution is -2.19. The molecule has 5 aromatic rings. The fraction of sp³-hybridized carbons (Fsp3) is 0. The summed E-state index contributed by atoms with van der Waals surface area (Å²) in [6.07, 6.45) is 0. The van der Waals surface area contributed by atoms with Gasteiger partial charge in [0.25, 0.3) is 0 Å². The van der Waals surface area contributed by atoms with Crippen LogP contribution in [0.4, 0.5) is 5.69 Å². The minimum absolute atomic E-state index is 0.447. The molecule has 1 heterocycles. The van der Waals surface area contributed by atoms with Crippen molar-refractivity contribution < 1.29 is 13.6 Å². The standard InChI is InChI=1S/C25H19N2O3PS2/c28-31(29-21-14-6-2-7-15-21,30-22-16-8-3-9-17-22)27(20-12-4-1-5-13-20)33-25-26-23-18-10-11-19-24(23)32-25/h1-19H. The molecule has 0 radical (unpaired) electrons. The van der Waals surface area contributed by atoms with Gasteiger partial charge in [-0.05, 0) is 48.5 Å². The molecule has 5 rings (SSSR count). The number of benzene rings is 4. The molecule has 0 spiro atoms. The van der Waals surface area contributed by atoms with E-state index in [1.54, 1.807) is 28.3 Å². The molecule has 0 aliphatic rings. The third-order valence-corrected chi connectivity index (χ3v) is 8.91. The molecule has 0 saturated carbocycles. The van der Waals surface area contributed by atoms with Crippen LogP contribution >= 0.6 is 31.0 Å². The molecule has 0 atom stereocenters. The summed E-state index contributed by atoms with van der Waals surface area (Å²) in [7, 11) is -3.94. The minimum atomic E-state index is -3.94. The van der Waals surface area contributed by atoms with Gasteiger partial charge in [-0.3, -0.25) is 0 Å². The number of rotatable bonds is 8. The van der Waals surface area contributed by atoms with Crippen LogP contribution in [0, 0.1) is 0 Å². The summed E-state index contributed by atoms with van der Waals surface area (Å²) in [6.45, 7) is 0. The first kappa shape index (κ1) is 21.6. The van der Waals surface area contributed by atoms with Crippen molar-refractivity contribution in [3.8, 4) is 11.5 Å². The molecular weight excluding hydrogens is 471 g/mol. The van der Waals surface area contributed by atoms with Gasteiger partial charge in [0.1, 0.15) is 11.5 Å². The van der Waals surface area contributed by atoms with Crippen molar-refractivity contribution in [1.29, 1.82) is 0 Å². The summed E-state index contributed by atoms with van der Waals surface area (Å²) in [5.41, 5.74) is 1.57. The van der Waals surface area contributed by atoms with Gasteiger partial charge in [-0.1, -0.05) is 66.7 Å². The first-order valence-corrected chi connectivity index (χ1v) is 13.3. The maximum atomic E-state index is 14.5. The minimum Gasteiger partial charge on any atom is -0.400 e. The normalized spacial score (nSPS) is 11.3. The topological polar surface area (TPSA) is 51.7 Å². The van der Waals surface area contributed by atoms with Crippen molar-refractivity contribution >= 4 is 46.9 Å². The van der Waals surface area contributed by atoms with E-state index < -0.39 is 7.75 Å². The van der Waals surface area contributed by atoms with Crippen molar-refractivity contribution in [1.82, 2.24) is 4.98 Å². The van der Waals surface area contributed by atoms with E-state index in [0.717, 1.165) is 14.6 Å². The predicted octanol–water partition coefficient (Wildman–Crippen LogP) is 8.08. The summed E-state index contributed by atoms with van der Waals surface area (Å²) < 4.78 is 30.0. The van der Waals surface area contributed by atoms with E-state index in [2.05, 4.69) is 0 Å². The SMILES string of the molecule is O=P(Oc1ccccc1)(Oc1ccccc1)N(Sc1nc2ccccc2s1)c1ccccc1. The third-order valence-electron chi connectivity index (χ3n) is 4.57. The fourth-order valence-corrected chi connectivity index (χ4v) is 7.31. The molecule has 0 aliphatic carbocycles. The molecule has 0 aliphatic heterocycles. The molecule has 8 heteroatoms. The lowest BCUT2D eigenvalue weighted by atomic mass is 10.3. The number of para-hydroxylation sites is 4. The number of nitrogens with zero attached hydrogens (tertiary/aromatic N) is 2. The van der Waals surface area contributed by atoms with Crippen molar-refractivity contribution in [3.63, 3.8) is 0 Å². The highest BCUT2D eigenvalue weighted by Gasteiger charge is 2.40. The average Bonchev–Trinajstić information content (AvgIpc) is 3.27. The monoisotopic (exact) mass is 490 g/mol. The molecule has 1 aromatic heterocycles. The summed E-state index contributed by atoms with van der Waals surface area (Å²) in [6, 6.07) is 35.4. The average molecular weight is 491 g/mol. The molecule has 5 nitrogen and oxygen atoms in total. The van der Waals surface area contributed by atoms with E-state index in [-0.39, 0.29) is 0 Å². The Morgan fingerprint density at radius 2 is 1.21 bits per heavy atom. The Morgan fingerprint density at radius 3 is 1.79 bits per heavy atom. The van der Waals surface area contributed by atoms with Gasteiger partial charge in [0, 0.05) is 11.9 Å². The molecule has 4 aromatic carbocycles. The molecule has 0 saturated heterocycles. The number of hydrogen-bond acceptors (Lipinski definition) is 6. The van der Waals surface area contributed by atoms with Crippen LogP contribution in [0.3, 0.4) is 0 Å². The fourth-order valence-electron chi connectivity index (χ4n) is 3.09. The smallest absolute Gasteiger partial charge is 0.400 e. The zero-order valence-corrected chi connectivity index (χ0v) is 19.9. The molecule has 0 bridgehead atoms. The number of thiazole rings is 1. The van der Waals surface area contributed by atoms with Crippen molar-refractivity contribution in [2.24, 2.45) is 0 Å². The molecule has 0 fully saturated rings. The Kier molecular flexibility index (Phi) is 6.35. The van der Waals surface area contributed by atoms with Crippen LogP contribution in [0.5, 0.6) is 11.5 Å². The summed E-state index contributed by atoms with van der Waals surface area (Å²) >= 11 is 2.77. The van der Waals surface area contributed by atoms with E-state index in [1.807, 2.05) is 91.0 Å². The highest BCUT2D eigenvalue weighted by molar-refractivity contribution is 8.08. The van der Waals surface area contributed by atoms with Crippen LogP contribution in [0.2, 0.25) is 0 Å². The molecule has 0 unspecified atom stereocenters. The second-order valence-corrected chi connectivity index (χ2v) is 11.1. The zero-order valence-electron chi connectivity index (χ0n) is 17.4. The summed E-state index contributed by atoms with van der Waals surface area (Å²) in [4.78, 5) is 4.71. The number of fused-ring (bicyclic) bond motifs is 1. The largest absolute Gasteiger partial charge is 0.554 e. The van der Waals surface area contributed by atoms with Gasteiger partial charge in [0.2, 0.25) is 0 Å². The second kappa shape index (κ2) is 9.71. The van der Waals surface area contributed by atoms with E-state index in [9.17, 15) is 4.57 Å². The van der Waals surface area contributed by atoms with Crippen LogP contribution < -0.4 is 13.1 Å².